The molecule has 13 heteroatoms. The summed E-state index contributed by atoms with van der Waals surface area (Å²) in [7, 11) is 0. The normalized spacial score (nSPS) is 15.8. The van der Waals surface area contributed by atoms with Crippen LogP contribution < -0.4 is 5.32 Å². The molecule has 0 amide bonds. The monoisotopic (exact) mass is 557 g/mol. The maximum Gasteiger partial charge on any atom is 0.348 e. The molecular formula is C26H28ClN5O7. The Morgan fingerprint density at radius 1 is 1.26 bits per heavy atom. The molecule has 1 aliphatic carbocycles. The van der Waals surface area contributed by atoms with Crippen LogP contribution in [0.4, 0.5) is 5.82 Å². The van der Waals surface area contributed by atoms with Crippen LogP contribution in [0.3, 0.4) is 0 Å². The summed E-state index contributed by atoms with van der Waals surface area (Å²) >= 11 is 6.18. The maximum atomic E-state index is 12.1. The van der Waals surface area contributed by atoms with Gasteiger partial charge in [0.05, 0.1) is 37.6 Å². The van der Waals surface area contributed by atoms with Gasteiger partial charge in [-0.1, -0.05) is 30.3 Å². The van der Waals surface area contributed by atoms with Crippen LogP contribution in [0.1, 0.15) is 38.0 Å². The van der Waals surface area contributed by atoms with Crippen molar-refractivity contribution in [2.24, 2.45) is 0 Å². The summed E-state index contributed by atoms with van der Waals surface area (Å²) in [6, 6.07) is 8.35. The van der Waals surface area contributed by atoms with Crippen molar-refractivity contribution in [3.63, 3.8) is 0 Å². The Morgan fingerprint density at radius 3 is 2.54 bits per heavy atom. The third-order valence-electron chi connectivity index (χ3n) is 6.48. The highest BCUT2D eigenvalue weighted by molar-refractivity contribution is 6.28. The summed E-state index contributed by atoms with van der Waals surface area (Å²) in [5, 5.41) is 32.5. The molecular weight excluding hydrogens is 530 g/mol. The molecule has 2 heterocycles. The van der Waals surface area contributed by atoms with Gasteiger partial charge in [0, 0.05) is 6.42 Å². The Bertz CT molecular complexity index is 1370. The van der Waals surface area contributed by atoms with Gasteiger partial charge in [-0.2, -0.15) is 9.97 Å². The van der Waals surface area contributed by atoms with Gasteiger partial charge >= 0.3 is 11.9 Å². The van der Waals surface area contributed by atoms with Crippen LogP contribution >= 0.6 is 11.6 Å². The number of hydrogen-bond acceptors (Lipinski definition) is 9. The van der Waals surface area contributed by atoms with Crippen LogP contribution in [0.5, 0.6) is 0 Å². The van der Waals surface area contributed by atoms with Gasteiger partial charge in [0.2, 0.25) is 5.28 Å². The average Bonchev–Trinajstić information content (AvgIpc) is 3.55. The number of anilines is 1. The van der Waals surface area contributed by atoms with Gasteiger partial charge in [-0.05, 0) is 36.9 Å². The lowest BCUT2D eigenvalue weighted by Crippen LogP contribution is -2.52. The average molecular weight is 558 g/mol. The van der Waals surface area contributed by atoms with Gasteiger partial charge in [0.25, 0.3) is 5.60 Å². The van der Waals surface area contributed by atoms with E-state index in [1.54, 1.807) is 41.8 Å². The molecule has 2 unspecified atom stereocenters. The number of benzene rings is 1. The number of nitrogens with zero attached hydrogens (tertiary/aromatic N) is 4. The molecule has 0 spiro atoms. The molecule has 1 aliphatic rings. The highest BCUT2D eigenvalue weighted by atomic mass is 35.5. The predicted octanol–water partition coefficient (Wildman–Crippen LogP) is 2.51. The number of terminal acetylenes is 1. The summed E-state index contributed by atoms with van der Waals surface area (Å²) in [6.45, 7) is 1.17. The molecule has 0 aliphatic heterocycles. The largest absolute Gasteiger partial charge is 0.479 e. The molecule has 39 heavy (non-hydrogen) atoms. The Balaban J connectivity index is 1.54. The summed E-state index contributed by atoms with van der Waals surface area (Å²) in [5.41, 5.74) is -1.78. The van der Waals surface area contributed by atoms with Crippen molar-refractivity contribution in [2.75, 3.05) is 18.5 Å². The molecule has 1 fully saturated rings. The molecule has 12 nitrogen and oxygen atoms in total. The van der Waals surface area contributed by atoms with Gasteiger partial charge in [-0.3, -0.25) is 4.57 Å². The summed E-state index contributed by atoms with van der Waals surface area (Å²) in [6.07, 6.45) is 6.68. The van der Waals surface area contributed by atoms with Gasteiger partial charge in [-0.25, -0.2) is 14.6 Å². The first-order valence-corrected chi connectivity index (χ1v) is 12.5. The number of hydrogen-bond donors (Lipinski definition) is 4. The lowest BCUT2D eigenvalue weighted by atomic mass is 9.94. The SMILES string of the molecule is C#CCC(OC(C)COC(Cc1ccccc1)(C(=O)O)C(=O)O)n1cnc2c(NC3(CO)CC3)nc(Cl)nc21. The second kappa shape index (κ2) is 11.5. The standard InChI is InChI=1S/C26H28ClN5O7/c1-3-7-18(32-15-28-19-20(29-24(27)30-21(19)32)31-25(14-33)10-11-25)39-16(2)13-38-26(22(34)35,23(36)37)12-17-8-5-4-6-9-17/h1,4-6,8-9,15-16,18,33H,7,10-14H2,2H3,(H,34,35)(H,36,37)(H,29,30,31). The van der Waals surface area contributed by atoms with E-state index in [-0.39, 0.29) is 31.3 Å². The van der Waals surface area contributed by atoms with E-state index in [0.717, 1.165) is 12.8 Å². The number of rotatable bonds is 14. The van der Waals surface area contributed by atoms with Crippen molar-refractivity contribution >= 4 is 40.5 Å². The number of aromatic nitrogens is 4. The van der Waals surface area contributed by atoms with E-state index in [4.69, 9.17) is 27.5 Å². The quantitative estimate of drug-likeness (QED) is 0.130. The van der Waals surface area contributed by atoms with Crippen LogP contribution in [0.2, 0.25) is 5.28 Å². The highest BCUT2D eigenvalue weighted by Gasteiger charge is 2.48. The van der Waals surface area contributed by atoms with Crippen molar-refractivity contribution in [3.8, 4) is 12.3 Å². The Hall–Kier alpha value is -3.76. The molecule has 0 saturated heterocycles. The lowest BCUT2D eigenvalue weighted by Gasteiger charge is -2.28. The van der Waals surface area contributed by atoms with E-state index in [2.05, 4.69) is 26.2 Å². The summed E-state index contributed by atoms with van der Waals surface area (Å²) in [4.78, 5) is 37.1. The fourth-order valence-electron chi connectivity index (χ4n) is 4.09. The third kappa shape index (κ3) is 6.12. The topological polar surface area (TPSA) is 169 Å². The predicted molar refractivity (Wildman–Crippen MR) is 140 cm³/mol. The summed E-state index contributed by atoms with van der Waals surface area (Å²) < 4.78 is 13.2. The van der Waals surface area contributed by atoms with Crippen LogP contribution in [0.25, 0.3) is 11.2 Å². The Labute approximate surface area is 229 Å². The second-order valence-electron chi connectivity index (χ2n) is 9.45. The zero-order valence-corrected chi connectivity index (χ0v) is 21.8. The van der Waals surface area contributed by atoms with Crippen molar-refractivity contribution in [1.29, 1.82) is 0 Å². The molecule has 2 aromatic heterocycles. The van der Waals surface area contributed by atoms with Gasteiger partial charge in [0.1, 0.15) is 6.23 Å². The number of carboxylic acid groups (broad SMARTS) is 2. The minimum Gasteiger partial charge on any atom is -0.479 e. The van der Waals surface area contributed by atoms with E-state index in [1.165, 1.54) is 6.33 Å². The van der Waals surface area contributed by atoms with Crippen LogP contribution in [-0.4, -0.2) is 77.2 Å². The van der Waals surface area contributed by atoms with Gasteiger partial charge < -0.3 is 30.1 Å². The number of imidazole rings is 1. The molecule has 206 valence electrons. The van der Waals surface area contributed by atoms with E-state index in [1.807, 2.05) is 0 Å². The highest BCUT2D eigenvalue weighted by Crippen LogP contribution is 2.39. The van der Waals surface area contributed by atoms with Crippen LogP contribution in [-0.2, 0) is 25.5 Å². The zero-order valence-electron chi connectivity index (χ0n) is 21.1. The van der Waals surface area contributed by atoms with Crippen molar-refractivity contribution in [3.05, 3.63) is 47.5 Å². The maximum absolute atomic E-state index is 12.1. The van der Waals surface area contributed by atoms with Crippen molar-refractivity contribution in [2.45, 2.75) is 56.1 Å². The number of aliphatic carboxylic acids is 2. The Morgan fingerprint density at radius 2 is 1.95 bits per heavy atom. The Kier molecular flexibility index (Phi) is 8.36. The minimum absolute atomic E-state index is 0.0510. The molecule has 0 bridgehead atoms. The van der Waals surface area contributed by atoms with Gasteiger partial charge in [0.15, 0.2) is 17.0 Å². The van der Waals surface area contributed by atoms with Crippen LogP contribution in [0, 0.1) is 12.3 Å². The molecule has 0 radical (unpaired) electrons. The number of halogens is 1. The van der Waals surface area contributed by atoms with E-state index >= 15 is 0 Å². The molecule has 2 atom stereocenters. The molecule has 4 rings (SSSR count). The minimum atomic E-state index is -2.52. The first kappa shape index (κ1) is 28.3. The first-order chi connectivity index (χ1) is 18.6. The van der Waals surface area contributed by atoms with E-state index in [0.29, 0.717) is 22.5 Å². The fourth-order valence-corrected chi connectivity index (χ4v) is 4.26. The molecule has 3 aromatic rings. The van der Waals surface area contributed by atoms with E-state index < -0.39 is 35.4 Å². The van der Waals surface area contributed by atoms with Crippen molar-refractivity contribution < 1.29 is 34.4 Å². The lowest BCUT2D eigenvalue weighted by molar-refractivity contribution is -0.189. The van der Waals surface area contributed by atoms with Gasteiger partial charge in [-0.15, -0.1) is 12.3 Å². The number of carbonyl (C=O) groups is 2. The summed E-state index contributed by atoms with van der Waals surface area (Å²) in [5.74, 6) is -0.373. The molecule has 1 aromatic carbocycles. The number of aliphatic hydroxyl groups is 1. The molecule has 1 saturated carbocycles. The number of carboxylic acids is 2. The number of fused-ring (bicyclic) bond motifs is 1. The number of aliphatic hydroxyl groups excluding tert-OH is 1. The second-order valence-corrected chi connectivity index (χ2v) is 9.79. The first-order valence-electron chi connectivity index (χ1n) is 12.2. The van der Waals surface area contributed by atoms with E-state index in [9.17, 15) is 24.9 Å². The fraction of sp³-hybridized carbons (Fsp3) is 0.423. The van der Waals surface area contributed by atoms with Crippen molar-refractivity contribution in [1.82, 2.24) is 19.5 Å². The number of nitrogens with one attached hydrogen (secondary N) is 1. The molecule has 4 N–H and O–H groups in total. The smallest absolute Gasteiger partial charge is 0.348 e. The zero-order chi connectivity index (χ0) is 28.2. The third-order valence-corrected chi connectivity index (χ3v) is 6.65. The van der Waals surface area contributed by atoms with Crippen LogP contribution in [0.15, 0.2) is 36.7 Å². The number of ether oxygens (including phenoxy) is 2.